The monoisotopic (exact) mass is 444 g/mol. The van der Waals surface area contributed by atoms with Gasteiger partial charge in [-0.2, -0.15) is 0 Å². The molecule has 1 aliphatic heterocycles. The summed E-state index contributed by atoms with van der Waals surface area (Å²) in [6.07, 6.45) is 4.46. The van der Waals surface area contributed by atoms with Crippen molar-refractivity contribution in [2.45, 2.75) is 57.7 Å². The van der Waals surface area contributed by atoms with Crippen LogP contribution in [0.3, 0.4) is 0 Å². The van der Waals surface area contributed by atoms with Crippen LogP contribution in [0.2, 0.25) is 0 Å². The predicted molar refractivity (Wildman–Crippen MR) is 124 cm³/mol. The molecule has 0 radical (unpaired) electrons. The van der Waals surface area contributed by atoms with Crippen LogP contribution in [0.25, 0.3) is 0 Å². The van der Waals surface area contributed by atoms with Gasteiger partial charge in [0.1, 0.15) is 5.82 Å². The van der Waals surface area contributed by atoms with Crippen LogP contribution in [0.4, 0.5) is 11.4 Å². The molecule has 9 heteroatoms. The van der Waals surface area contributed by atoms with Crippen molar-refractivity contribution in [3.8, 4) is 0 Å². The zero-order valence-corrected chi connectivity index (χ0v) is 19.2. The Kier molecular flexibility index (Phi) is 8.34. The van der Waals surface area contributed by atoms with Gasteiger partial charge in [-0.3, -0.25) is 9.59 Å². The number of aryl methyl sites for hydroxylation is 1. The Balaban J connectivity index is 1.55. The van der Waals surface area contributed by atoms with Gasteiger partial charge >= 0.3 is 0 Å². The molecule has 0 saturated carbocycles. The van der Waals surface area contributed by atoms with Crippen molar-refractivity contribution in [3.63, 3.8) is 0 Å². The minimum Gasteiger partial charge on any atom is -0.372 e. The number of piperidine rings is 1. The summed E-state index contributed by atoms with van der Waals surface area (Å²) in [5.74, 6) is 0.894. The highest BCUT2D eigenvalue weighted by atomic mass is 32.2. The van der Waals surface area contributed by atoms with Gasteiger partial charge in [0.2, 0.25) is 11.8 Å². The van der Waals surface area contributed by atoms with Gasteiger partial charge in [-0.15, -0.1) is 10.2 Å². The average Bonchev–Trinajstić information content (AvgIpc) is 3.12. The molecular weight excluding hydrogens is 412 g/mol. The second kappa shape index (κ2) is 11.2. The molecule has 0 unspecified atom stereocenters. The first-order chi connectivity index (χ1) is 14.9. The Bertz CT molecular complexity index is 875. The van der Waals surface area contributed by atoms with Crippen molar-refractivity contribution in [2.75, 3.05) is 29.1 Å². The van der Waals surface area contributed by atoms with Crippen LogP contribution in [0.1, 0.15) is 45.4 Å². The summed E-state index contributed by atoms with van der Waals surface area (Å²) in [5, 5.41) is 12.1. The summed E-state index contributed by atoms with van der Waals surface area (Å²) in [5.41, 5.74) is 7.26. The Labute approximate surface area is 188 Å². The lowest BCUT2D eigenvalue weighted by molar-refractivity contribution is -0.118. The molecule has 1 aliphatic rings. The van der Waals surface area contributed by atoms with E-state index in [0.29, 0.717) is 17.5 Å². The molecule has 1 fully saturated rings. The van der Waals surface area contributed by atoms with Crippen LogP contribution >= 0.6 is 11.8 Å². The fourth-order valence-corrected chi connectivity index (χ4v) is 4.40. The van der Waals surface area contributed by atoms with Crippen molar-refractivity contribution in [1.29, 1.82) is 0 Å². The van der Waals surface area contributed by atoms with Crippen LogP contribution in [0, 0.1) is 5.92 Å². The molecule has 3 N–H and O–H groups in total. The highest BCUT2D eigenvalue weighted by molar-refractivity contribution is 7.99. The van der Waals surface area contributed by atoms with Gasteiger partial charge in [-0.1, -0.05) is 25.6 Å². The summed E-state index contributed by atoms with van der Waals surface area (Å²) < 4.78 is 1.99. The summed E-state index contributed by atoms with van der Waals surface area (Å²) in [6, 6.07) is 8.04. The summed E-state index contributed by atoms with van der Waals surface area (Å²) in [4.78, 5) is 26.0. The lowest BCUT2D eigenvalue weighted by Gasteiger charge is -2.28. The number of amides is 2. The number of benzene rings is 1. The molecule has 0 atom stereocenters. The molecule has 1 aromatic carbocycles. The van der Waals surface area contributed by atoms with Crippen molar-refractivity contribution >= 4 is 35.0 Å². The second-order valence-electron chi connectivity index (χ2n) is 8.30. The molecule has 0 bridgehead atoms. The summed E-state index contributed by atoms with van der Waals surface area (Å²) in [7, 11) is 0. The number of nitrogens with zero attached hydrogens (tertiary/aromatic N) is 4. The number of anilines is 2. The molecule has 0 aliphatic carbocycles. The van der Waals surface area contributed by atoms with Crippen LogP contribution in [0.5, 0.6) is 0 Å². The van der Waals surface area contributed by atoms with Gasteiger partial charge in [-0.25, -0.2) is 0 Å². The first-order valence-corrected chi connectivity index (χ1v) is 11.9. The number of hydrogen-bond donors (Lipinski definition) is 2. The van der Waals surface area contributed by atoms with Gasteiger partial charge in [0.15, 0.2) is 5.16 Å². The highest BCUT2D eigenvalue weighted by Gasteiger charge is 2.16. The molecule has 0 spiro atoms. The van der Waals surface area contributed by atoms with E-state index in [2.05, 4.69) is 46.4 Å². The fraction of sp³-hybridized carbons (Fsp3) is 0.545. The molecule has 1 saturated heterocycles. The molecular formula is C22H32N6O2S. The summed E-state index contributed by atoms with van der Waals surface area (Å²) in [6.45, 7) is 7.13. The lowest BCUT2D eigenvalue weighted by Crippen LogP contribution is -2.29. The van der Waals surface area contributed by atoms with Crippen molar-refractivity contribution < 1.29 is 9.59 Å². The van der Waals surface area contributed by atoms with E-state index in [4.69, 9.17) is 5.73 Å². The van der Waals surface area contributed by atoms with Crippen LogP contribution in [0.15, 0.2) is 29.4 Å². The standard InChI is InChI=1S/C22H32N6O2S/c1-16(2)14-28-20(11-10-19(23)29)25-26-22(28)31-15-21(30)24-17-6-8-18(9-7-17)27-12-4-3-5-13-27/h6-9,16H,3-5,10-15H2,1-2H3,(H2,23,29)(H,24,30). The van der Waals surface area contributed by atoms with Crippen molar-refractivity contribution in [1.82, 2.24) is 14.8 Å². The second-order valence-corrected chi connectivity index (χ2v) is 9.24. The van der Waals surface area contributed by atoms with Gasteiger partial charge in [0.25, 0.3) is 0 Å². The third kappa shape index (κ3) is 6.99. The number of nitrogens with one attached hydrogen (secondary N) is 1. The number of primary amides is 1. The number of thioether (sulfide) groups is 1. The number of hydrogen-bond acceptors (Lipinski definition) is 6. The zero-order valence-electron chi connectivity index (χ0n) is 18.3. The van der Waals surface area contributed by atoms with Crippen LogP contribution in [-0.4, -0.2) is 45.4 Å². The molecule has 168 valence electrons. The zero-order chi connectivity index (χ0) is 22.2. The maximum absolute atomic E-state index is 12.5. The summed E-state index contributed by atoms with van der Waals surface area (Å²) >= 11 is 1.35. The van der Waals surface area contributed by atoms with E-state index in [0.717, 1.165) is 31.1 Å². The van der Waals surface area contributed by atoms with Gasteiger partial charge in [0.05, 0.1) is 5.75 Å². The third-order valence-corrected chi connectivity index (χ3v) is 6.11. The van der Waals surface area contributed by atoms with Crippen LogP contribution in [-0.2, 0) is 22.6 Å². The quantitative estimate of drug-likeness (QED) is 0.546. The number of rotatable bonds is 10. The lowest BCUT2D eigenvalue weighted by atomic mass is 10.1. The van der Waals surface area contributed by atoms with Crippen molar-refractivity contribution in [3.05, 3.63) is 30.1 Å². The van der Waals surface area contributed by atoms with E-state index in [-0.39, 0.29) is 24.0 Å². The van der Waals surface area contributed by atoms with Crippen molar-refractivity contribution in [2.24, 2.45) is 11.7 Å². The number of carbonyl (C=O) groups excluding carboxylic acids is 2. The Hall–Kier alpha value is -2.55. The first kappa shape index (κ1) is 23.1. The molecule has 2 heterocycles. The smallest absolute Gasteiger partial charge is 0.234 e. The van der Waals surface area contributed by atoms with E-state index in [9.17, 15) is 9.59 Å². The van der Waals surface area contributed by atoms with E-state index in [1.165, 1.54) is 36.7 Å². The first-order valence-electron chi connectivity index (χ1n) is 10.9. The van der Waals surface area contributed by atoms with E-state index in [1.807, 2.05) is 16.7 Å². The molecule has 3 rings (SSSR count). The minimum atomic E-state index is -0.362. The average molecular weight is 445 g/mol. The molecule has 8 nitrogen and oxygen atoms in total. The molecule has 1 aromatic heterocycles. The van der Waals surface area contributed by atoms with E-state index < -0.39 is 0 Å². The Morgan fingerprint density at radius 3 is 2.48 bits per heavy atom. The maximum atomic E-state index is 12.5. The van der Waals surface area contributed by atoms with E-state index >= 15 is 0 Å². The topological polar surface area (TPSA) is 106 Å². The fourth-order valence-electron chi connectivity index (χ4n) is 3.63. The third-order valence-electron chi connectivity index (χ3n) is 5.14. The van der Waals surface area contributed by atoms with E-state index in [1.54, 1.807) is 0 Å². The van der Waals surface area contributed by atoms with Crippen LogP contribution < -0.4 is 16.0 Å². The Morgan fingerprint density at radius 2 is 1.84 bits per heavy atom. The predicted octanol–water partition coefficient (Wildman–Crippen LogP) is 3.07. The SMILES string of the molecule is CC(C)Cn1c(CCC(N)=O)nnc1SCC(=O)Nc1ccc(N2CCCCC2)cc1. The largest absolute Gasteiger partial charge is 0.372 e. The highest BCUT2D eigenvalue weighted by Crippen LogP contribution is 2.23. The molecule has 2 amide bonds. The molecule has 31 heavy (non-hydrogen) atoms. The van der Waals surface area contributed by atoms with Gasteiger partial charge in [0, 0.05) is 43.9 Å². The number of carbonyl (C=O) groups is 2. The maximum Gasteiger partial charge on any atom is 0.234 e. The van der Waals surface area contributed by atoms with Gasteiger partial charge in [-0.05, 0) is 49.4 Å². The Morgan fingerprint density at radius 1 is 1.13 bits per heavy atom. The van der Waals surface area contributed by atoms with Gasteiger partial charge < -0.3 is 20.5 Å². The number of nitrogens with two attached hydrogens (primary N) is 1. The number of aromatic nitrogens is 3. The minimum absolute atomic E-state index is 0.0893. The normalized spacial score (nSPS) is 14.1. The molecule has 2 aromatic rings.